The molecular weight excluding hydrogens is 552 g/mol. The summed E-state index contributed by atoms with van der Waals surface area (Å²) in [5.41, 5.74) is -1.39. The summed E-state index contributed by atoms with van der Waals surface area (Å²) in [6.45, 7) is 26.9. The Morgan fingerprint density at radius 3 is 1.21 bits per heavy atom. The van der Waals surface area contributed by atoms with E-state index in [9.17, 15) is 19.2 Å². The van der Waals surface area contributed by atoms with Gasteiger partial charge in [0.1, 0.15) is 12.7 Å². The van der Waals surface area contributed by atoms with Gasteiger partial charge in [0.05, 0.1) is 31.8 Å². The summed E-state index contributed by atoms with van der Waals surface area (Å²) in [6, 6.07) is 0. The van der Waals surface area contributed by atoms with Gasteiger partial charge >= 0.3 is 23.9 Å². The zero-order valence-electron chi connectivity index (χ0n) is 29.4. The van der Waals surface area contributed by atoms with Crippen molar-refractivity contribution in [2.45, 2.75) is 160 Å². The molecule has 5 atom stereocenters. The number of hydrogen-bond acceptors (Lipinski definition) is 9. The van der Waals surface area contributed by atoms with Crippen molar-refractivity contribution in [3.05, 3.63) is 0 Å². The summed E-state index contributed by atoms with van der Waals surface area (Å²) in [5.74, 6) is -1.80. The molecule has 0 spiro atoms. The average molecular weight is 613 g/mol. The molecule has 0 unspecified atom stereocenters. The van der Waals surface area contributed by atoms with Gasteiger partial charge in [-0.05, 0) is 34.0 Å². The molecule has 0 radical (unpaired) electrons. The molecule has 0 aromatic heterocycles. The van der Waals surface area contributed by atoms with Gasteiger partial charge in [-0.1, -0.05) is 96.9 Å². The molecule has 0 bridgehead atoms. The van der Waals surface area contributed by atoms with Crippen molar-refractivity contribution in [3.63, 3.8) is 0 Å². The van der Waals surface area contributed by atoms with E-state index in [1.165, 1.54) is 0 Å². The van der Waals surface area contributed by atoms with Gasteiger partial charge < -0.3 is 23.7 Å². The fraction of sp³-hybridized carbons (Fsp3) is 0.882. The zero-order chi connectivity index (χ0) is 33.6. The first-order valence-electron chi connectivity index (χ1n) is 15.6. The Balaban J connectivity index is 3.61. The monoisotopic (exact) mass is 612 g/mol. The van der Waals surface area contributed by atoms with E-state index in [0.29, 0.717) is 6.42 Å². The third-order valence-electron chi connectivity index (χ3n) is 6.34. The number of hydrogen-bond donors (Lipinski definition) is 0. The van der Waals surface area contributed by atoms with E-state index in [1.807, 2.05) is 96.9 Å². The molecule has 9 nitrogen and oxygen atoms in total. The van der Waals surface area contributed by atoms with E-state index in [4.69, 9.17) is 23.7 Å². The van der Waals surface area contributed by atoms with Crippen LogP contribution in [0.15, 0.2) is 0 Å². The molecule has 1 saturated heterocycles. The van der Waals surface area contributed by atoms with Crippen molar-refractivity contribution >= 4 is 23.9 Å². The van der Waals surface area contributed by atoms with Gasteiger partial charge in [-0.15, -0.1) is 0 Å². The smallest absolute Gasteiger partial charge is 0.306 e. The molecule has 0 aliphatic carbocycles. The lowest BCUT2D eigenvalue weighted by molar-refractivity contribution is -0.257. The Morgan fingerprint density at radius 2 is 0.860 bits per heavy atom. The minimum atomic E-state index is -1.17. The molecule has 0 aromatic rings. The number of ether oxygens (including phenoxy) is 5. The summed E-state index contributed by atoms with van der Waals surface area (Å²) in [4.78, 5) is 52.3. The summed E-state index contributed by atoms with van der Waals surface area (Å²) < 4.78 is 30.2. The summed E-state index contributed by atoms with van der Waals surface area (Å²) in [7, 11) is 0. The number of esters is 4. The highest BCUT2D eigenvalue weighted by Crippen LogP contribution is 2.35. The maximum Gasteiger partial charge on any atom is 0.306 e. The second-order valence-corrected chi connectivity index (χ2v) is 17.3. The Bertz CT molecular complexity index is 941. The van der Waals surface area contributed by atoms with Crippen LogP contribution in [0, 0.1) is 27.6 Å². The second-order valence-electron chi connectivity index (χ2n) is 17.3. The predicted molar refractivity (Wildman–Crippen MR) is 165 cm³/mol. The van der Waals surface area contributed by atoms with Crippen molar-refractivity contribution in [1.82, 2.24) is 0 Å². The molecule has 1 heterocycles. The van der Waals surface area contributed by atoms with Crippen LogP contribution in [-0.2, 0) is 42.9 Å². The van der Waals surface area contributed by atoms with Crippen molar-refractivity contribution in [1.29, 1.82) is 0 Å². The molecule has 1 rings (SSSR count). The Labute approximate surface area is 260 Å². The standard InChI is InChI=1S/C34H60O9/c1-21(2)15-22-28(41-25(36)17-32(6,7)8)30(43-27(38)19-34(12,13)14)29(42-26(37)18-33(9,10)11)23(40-22)20-39-24(35)16-31(3,4)5/h21-23,28-30H,15-20H2,1-14H3/t22-,23-,28+,29-,30-/m1/s1. The highest BCUT2D eigenvalue weighted by Gasteiger charge is 2.53. The quantitative estimate of drug-likeness (QED) is 0.183. The highest BCUT2D eigenvalue weighted by atomic mass is 16.7. The largest absolute Gasteiger partial charge is 0.463 e. The van der Waals surface area contributed by atoms with Gasteiger partial charge in [-0.3, -0.25) is 19.2 Å². The molecule has 9 heteroatoms. The molecule has 250 valence electrons. The highest BCUT2D eigenvalue weighted by molar-refractivity contribution is 5.73. The van der Waals surface area contributed by atoms with Crippen LogP contribution < -0.4 is 0 Å². The lowest BCUT2D eigenvalue weighted by Crippen LogP contribution is -2.63. The van der Waals surface area contributed by atoms with Crippen molar-refractivity contribution < 1.29 is 42.9 Å². The molecule has 1 fully saturated rings. The Hall–Kier alpha value is -2.16. The number of carbonyl (C=O) groups is 4. The summed E-state index contributed by atoms with van der Waals surface area (Å²) >= 11 is 0. The molecule has 0 amide bonds. The van der Waals surface area contributed by atoms with Crippen LogP contribution >= 0.6 is 0 Å². The van der Waals surface area contributed by atoms with Crippen molar-refractivity contribution in [2.24, 2.45) is 27.6 Å². The molecular formula is C34H60O9. The minimum Gasteiger partial charge on any atom is -0.463 e. The second kappa shape index (κ2) is 15.2. The average Bonchev–Trinajstić information content (AvgIpc) is 2.71. The van der Waals surface area contributed by atoms with Crippen LogP contribution in [0.5, 0.6) is 0 Å². The van der Waals surface area contributed by atoms with Gasteiger partial charge in [0, 0.05) is 0 Å². The van der Waals surface area contributed by atoms with Crippen LogP contribution in [0.3, 0.4) is 0 Å². The van der Waals surface area contributed by atoms with E-state index < -0.39 is 54.4 Å². The van der Waals surface area contributed by atoms with Gasteiger partial charge in [0.25, 0.3) is 0 Å². The predicted octanol–water partition coefficient (Wildman–Crippen LogP) is 6.82. The maximum absolute atomic E-state index is 13.3. The molecule has 43 heavy (non-hydrogen) atoms. The number of carbonyl (C=O) groups excluding carboxylic acids is 4. The first kappa shape index (κ1) is 38.9. The van der Waals surface area contributed by atoms with Crippen LogP contribution in [0.1, 0.15) is 129 Å². The molecule has 1 aliphatic rings. The topological polar surface area (TPSA) is 114 Å². The lowest BCUT2D eigenvalue weighted by atomic mass is 9.88. The Morgan fingerprint density at radius 1 is 0.535 bits per heavy atom. The summed E-state index contributed by atoms with van der Waals surface area (Å²) in [5, 5.41) is 0. The number of rotatable bonds is 11. The van der Waals surface area contributed by atoms with Gasteiger partial charge in [-0.2, -0.15) is 0 Å². The van der Waals surface area contributed by atoms with E-state index >= 15 is 0 Å². The molecule has 0 N–H and O–H groups in total. The molecule has 0 aromatic carbocycles. The third-order valence-corrected chi connectivity index (χ3v) is 6.34. The van der Waals surface area contributed by atoms with Gasteiger partial charge in [0.15, 0.2) is 18.3 Å². The fourth-order valence-electron chi connectivity index (χ4n) is 4.74. The van der Waals surface area contributed by atoms with Crippen molar-refractivity contribution in [2.75, 3.05) is 6.61 Å². The lowest BCUT2D eigenvalue weighted by Gasteiger charge is -2.45. The van der Waals surface area contributed by atoms with E-state index in [-0.39, 0.29) is 59.9 Å². The first-order valence-corrected chi connectivity index (χ1v) is 15.6. The normalized spacial score (nSPS) is 23.5. The van der Waals surface area contributed by atoms with E-state index in [1.54, 1.807) is 0 Å². The van der Waals surface area contributed by atoms with E-state index in [2.05, 4.69) is 0 Å². The fourth-order valence-corrected chi connectivity index (χ4v) is 4.74. The van der Waals surface area contributed by atoms with Gasteiger partial charge in [0.2, 0.25) is 0 Å². The minimum absolute atomic E-state index is 0.0899. The summed E-state index contributed by atoms with van der Waals surface area (Å²) in [6.07, 6.45) is -4.04. The molecule has 1 aliphatic heterocycles. The van der Waals surface area contributed by atoms with Crippen LogP contribution in [-0.4, -0.2) is 61.0 Å². The first-order chi connectivity index (χ1) is 19.2. The van der Waals surface area contributed by atoms with Crippen LogP contribution in [0.25, 0.3) is 0 Å². The van der Waals surface area contributed by atoms with Crippen molar-refractivity contribution in [3.8, 4) is 0 Å². The maximum atomic E-state index is 13.3. The Kier molecular flexibility index (Phi) is 13.8. The molecule has 0 saturated carbocycles. The van der Waals surface area contributed by atoms with Crippen LogP contribution in [0.4, 0.5) is 0 Å². The van der Waals surface area contributed by atoms with E-state index in [0.717, 1.165) is 0 Å². The van der Waals surface area contributed by atoms with Gasteiger partial charge in [-0.25, -0.2) is 0 Å². The van der Waals surface area contributed by atoms with Crippen LogP contribution in [0.2, 0.25) is 0 Å². The third kappa shape index (κ3) is 16.5. The SMILES string of the molecule is CC(C)C[C@H]1O[C@H](COC(=O)CC(C)(C)C)[C@@H](OC(=O)CC(C)(C)C)[C@H](OC(=O)CC(C)(C)C)[C@H]1OC(=O)CC(C)(C)C. The zero-order valence-corrected chi connectivity index (χ0v) is 29.4.